The zero-order valence-electron chi connectivity index (χ0n) is 8.55. The average Bonchev–Trinajstić information content (AvgIpc) is 2.01. The highest BCUT2D eigenvalue weighted by Crippen LogP contribution is 2.26. The molecule has 0 aliphatic rings. The van der Waals surface area contributed by atoms with Gasteiger partial charge in [0.25, 0.3) is 0 Å². The smallest absolute Gasteiger partial charge is 0.246 e. The maximum absolute atomic E-state index is 11.1. The first-order valence-electron chi connectivity index (χ1n) is 4.26. The lowest BCUT2D eigenvalue weighted by Crippen LogP contribution is -2.32. The van der Waals surface area contributed by atoms with Crippen molar-refractivity contribution in [3.8, 4) is 0 Å². The fourth-order valence-electron chi connectivity index (χ4n) is 1.11. The lowest BCUT2D eigenvalue weighted by Gasteiger charge is -2.23. The van der Waals surface area contributed by atoms with Crippen LogP contribution in [0, 0.1) is 11.3 Å². The number of carbonyl (C=O) groups excluding carboxylic acids is 2. The molecule has 0 aromatic rings. The predicted molar refractivity (Wildman–Crippen MR) is 48.2 cm³/mol. The van der Waals surface area contributed by atoms with Crippen LogP contribution in [0.1, 0.15) is 34.1 Å². The van der Waals surface area contributed by atoms with Gasteiger partial charge in [0.15, 0.2) is 0 Å². The average molecular weight is 187 g/mol. The second-order valence-corrected chi connectivity index (χ2v) is 4.02. The Kier molecular flexibility index (Phi) is 4.07. The van der Waals surface area contributed by atoms with E-state index in [2.05, 4.69) is 0 Å². The number of hydrogen-bond donors (Lipinski definition) is 2. The van der Waals surface area contributed by atoms with Crippen molar-refractivity contribution >= 4 is 11.7 Å². The predicted octanol–water partition coefficient (Wildman–Crippen LogP) is 1.13. The van der Waals surface area contributed by atoms with E-state index in [-0.39, 0.29) is 11.7 Å². The van der Waals surface area contributed by atoms with E-state index in [4.69, 9.17) is 5.21 Å². The molecule has 0 aromatic carbocycles. The Morgan fingerprint density at radius 1 is 1.46 bits per heavy atom. The SMILES string of the molecule is CC(=O)C(C)(C)CC(C)C(=O)NO. The molecule has 1 atom stereocenters. The Labute approximate surface area is 78.3 Å². The van der Waals surface area contributed by atoms with Crippen molar-refractivity contribution in [3.05, 3.63) is 0 Å². The molecule has 76 valence electrons. The van der Waals surface area contributed by atoms with Crippen LogP contribution in [-0.4, -0.2) is 16.9 Å². The van der Waals surface area contributed by atoms with E-state index in [1.807, 2.05) is 0 Å². The highest BCUT2D eigenvalue weighted by Gasteiger charge is 2.28. The van der Waals surface area contributed by atoms with Crippen molar-refractivity contribution in [2.24, 2.45) is 11.3 Å². The number of nitrogens with one attached hydrogen (secondary N) is 1. The number of amides is 1. The van der Waals surface area contributed by atoms with Crippen LogP contribution in [-0.2, 0) is 9.59 Å². The molecule has 0 radical (unpaired) electrons. The van der Waals surface area contributed by atoms with E-state index in [9.17, 15) is 9.59 Å². The zero-order valence-corrected chi connectivity index (χ0v) is 8.55. The van der Waals surface area contributed by atoms with Gasteiger partial charge in [-0.15, -0.1) is 0 Å². The summed E-state index contributed by atoms with van der Waals surface area (Å²) in [5.74, 6) is -0.761. The van der Waals surface area contributed by atoms with Crippen molar-refractivity contribution in [1.29, 1.82) is 0 Å². The Morgan fingerprint density at radius 2 is 1.92 bits per heavy atom. The maximum atomic E-state index is 11.1. The van der Waals surface area contributed by atoms with Gasteiger partial charge in [0.05, 0.1) is 0 Å². The third kappa shape index (κ3) is 3.55. The van der Waals surface area contributed by atoms with Crippen molar-refractivity contribution in [1.82, 2.24) is 5.48 Å². The minimum atomic E-state index is -0.508. The van der Waals surface area contributed by atoms with E-state index in [0.29, 0.717) is 6.42 Å². The third-order valence-corrected chi connectivity index (χ3v) is 2.33. The summed E-state index contributed by atoms with van der Waals surface area (Å²) >= 11 is 0. The first-order valence-corrected chi connectivity index (χ1v) is 4.26. The summed E-state index contributed by atoms with van der Waals surface area (Å²) in [6.45, 7) is 6.76. The molecule has 0 bridgehead atoms. The van der Waals surface area contributed by atoms with Gasteiger partial charge in [0.1, 0.15) is 5.78 Å². The summed E-state index contributed by atoms with van der Waals surface area (Å²) < 4.78 is 0. The standard InChI is InChI=1S/C9H17NO3/c1-6(8(12)10-13)5-9(3,4)7(2)11/h6,13H,5H2,1-4H3,(H,10,12). The number of carbonyl (C=O) groups is 2. The lowest BCUT2D eigenvalue weighted by atomic mass is 9.80. The molecule has 0 heterocycles. The van der Waals surface area contributed by atoms with Gasteiger partial charge in [0.2, 0.25) is 5.91 Å². The molecule has 1 amide bonds. The van der Waals surface area contributed by atoms with Crippen LogP contribution in [0.4, 0.5) is 0 Å². The number of ketones is 1. The van der Waals surface area contributed by atoms with Crippen LogP contribution in [0.5, 0.6) is 0 Å². The first-order chi connectivity index (χ1) is 5.81. The molecule has 0 saturated heterocycles. The van der Waals surface area contributed by atoms with Crippen LogP contribution >= 0.6 is 0 Å². The summed E-state index contributed by atoms with van der Waals surface area (Å²) in [7, 11) is 0. The second-order valence-electron chi connectivity index (χ2n) is 4.02. The molecule has 0 aliphatic carbocycles. The number of hydroxylamine groups is 1. The largest absolute Gasteiger partial charge is 0.299 e. The van der Waals surface area contributed by atoms with Crippen LogP contribution in [0.15, 0.2) is 0 Å². The Balaban J connectivity index is 4.27. The third-order valence-electron chi connectivity index (χ3n) is 2.33. The summed E-state index contributed by atoms with van der Waals surface area (Å²) in [4.78, 5) is 22.1. The molecule has 0 rings (SSSR count). The summed E-state index contributed by atoms with van der Waals surface area (Å²) in [5, 5.41) is 8.36. The Bertz CT molecular complexity index is 211. The maximum Gasteiger partial charge on any atom is 0.246 e. The normalized spacial score (nSPS) is 13.6. The van der Waals surface area contributed by atoms with E-state index < -0.39 is 11.3 Å². The summed E-state index contributed by atoms with van der Waals surface area (Å²) in [6.07, 6.45) is 0.439. The van der Waals surface area contributed by atoms with Gasteiger partial charge < -0.3 is 0 Å². The molecule has 4 nitrogen and oxygen atoms in total. The van der Waals surface area contributed by atoms with Gasteiger partial charge in [-0.25, -0.2) is 5.48 Å². The fraction of sp³-hybridized carbons (Fsp3) is 0.778. The molecular formula is C9H17NO3. The highest BCUT2D eigenvalue weighted by atomic mass is 16.5. The molecule has 13 heavy (non-hydrogen) atoms. The van der Waals surface area contributed by atoms with E-state index in [1.54, 1.807) is 26.3 Å². The Morgan fingerprint density at radius 3 is 2.23 bits per heavy atom. The van der Waals surface area contributed by atoms with Crippen molar-refractivity contribution in [2.75, 3.05) is 0 Å². The quantitative estimate of drug-likeness (QED) is 0.512. The van der Waals surface area contributed by atoms with Crippen LogP contribution in [0.3, 0.4) is 0 Å². The van der Waals surface area contributed by atoms with Gasteiger partial charge in [-0.3, -0.25) is 14.8 Å². The molecular weight excluding hydrogens is 170 g/mol. The summed E-state index contributed by atoms with van der Waals surface area (Å²) in [5.41, 5.74) is 1.07. The molecule has 0 spiro atoms. The molecule has 4 heteroatoms. The van der Waals surface area contributed by atoms with Gasteiger partial charge >= 0.3 is 0 Å². The van der Waals surface area contributed by atoms with Gasteiger partial charge in [0, 0.05) is 11.3 Å². The van der Waals surface area contributed by atoms with Crippen molar-refractivity contribution in [3.63, 3.8) is 0 Å². The van der Waals surface area contributed by atoms with E-state index >= 15 is 0 Å². The van der Waals surface area contributed by atoms with E-state index in [0.717, 1.165) is 0 Å². The minimum absolute atomic E-state index is 0.0464. The molecule has 0 fully saturated rings. The van der Waals surface area contributed by atoms with Gasteiger partial charge in [-0.1, -0.05) is 20.8 Å². The molecule has 1 unspecified atom stereocenters. The highest BCUT2D eigenvalue weighted by molar-refractivity contribution is 5.83. The molecule has 2 N–H and O–H groups in total. The molecule has 0 aliphatic heterocycles. The van der Waals surface area contributed by atoms with Crippen LogP contribution in [0.25, 0.3) is 0 Å². The van der Waals surface area contributed by atoms with Crippen molar-refractivity contribution in [2.45, 2.75) is 34.1 Å². The first kappa shape index (κ1) is 12.1. The van der Waals surface area contributed by atoms with Gasteiger partial charge in [-0.2, -0.15) is 0 Å². The van der Waals surface area contributed by atoms with Gasteiger partial charge in [-0.05, 0) is 13.3 Å². The van der Waals surface area contributed by atoms with E-state index in [1.165, 1.54) is 6.92 Å². The topological polar surface area (TPSA) is 66.4 Å². The number of hydrogen-bond acceptors (Lipinski definition) is 3. The monoisotopic (exact) mass is 187 g/mol. The number of rotatable bonds is 4. The molecule has 0 aromatic heterocycles. The van der Waals surface area contributed by atoms with Crippen LogP contribution < -0.4 is 5.48 Å². The second kappa shape index (κ2) is 4.37. The van der Waals surface area contributed by atoms with Crippen molar-refractivity contribution < 1.29 is 14.8 Å². The minimum Gasteiger partial charge on any atom is -0.299 e. The zero-order chi connectivity index (χ0) is 10.6. The molecule has 0 saturated carbocycles. The fourth-order valence-corrected chi connectivity index (χ4v) is 1.11. The Hall–Kier alpha value is -0.900. The number of Topliss-reactive ketones (excluding diaryl/α,β-unsaturated/α-hetero) is 1. The summed E-state index contributed by atoms with van der Waals surface area (Å²) in [6, 6.07) is 0. The lowest BCUT2D eigenvalue weighted by molar-refractivity contribution is -0.135. The van der Waals surface area contributed by atoms with Crippen LogP contribution in [0.2, 0.25) is 0 Å².